The number of hydrogen-bond acceptors (Lipinski definition) is 2. The minimum Gasteiger partial charge on any atom is -0.376 e. The molecule has 0 amide bonds. The summed E-state index contributed by atoms with van der Waals surface area (Å²) in [7, 11) is 0. The lowest BCUT2D eigenvalue weighted by Crippen LogP contribution is -2.25. The number of allylic oxidation sites excluding steroid dienone is 3. The first kappa shape index (κ1) is 19.4. The second-order valence-electron chi connectivity index (χ2n) is 3.91. The molecule has 0 saturated carbocycles. The molecular formula is C14H27F2NO. The van der Waals surface area contributed by atoms with Crippen molar-refractivity contribution in [1.82, 2.24) is 4.90 Å². The van der Waals surface area contributed by atoms with E-state index < -0.39 is 6.67 Å². The van der Waals surface area contributed by atoms with Gasteiger partial charge in [-0.1, -0.05) is 25.5 Å². The van der Waals surface area contributed by atoms with E-state index in [1.165, 1.54) is 11.0 Å². The van der Waals surface area contributed by atoms with E-state index in [9.17, 15) is 8.78 Å². The molecule has 0 saturated heterocycles. The van der Waals surface area contributed by atoms with Gasteiger partial charge in [0.05, 0.1) is 13.2 Å². The highest BCUT2D eigenvalue weighted by Crippen LogP contribution is 2.12. The lowest BCUT2D eigenvalue weighted by Gasteiger charge is -2.23. The van der Waals surface area contributed by atoms with Crippen molar-refractivity contribution in [3.63, 3.8) is 0 Å². The number of halogens is 2. The van der Waals surface area contributed by atoms with Crippen LogP contribution >= 0.6 is 0 Å². The number of rotatable bonds is 7. The fourth-order valence-corrected chi connectivity index (χ4v) is 1.17. The molecule has 0 bridgehead atoms. The Kier molecular flexibility index (Phi) is 13.6. The number of nitrogens with zero attached hydrogens (tertiary/aromatic N) is 1. The lowest BCUT2D eigenvalue weighted by atomic mass is 10.2. The van der Waals surface area contributed by atoms with E-state index in [2.05, 4.69) is 0 Å². The monoisotopic (exact) mass is 263 g/mol. The summed E-state index contributed by atoms with van der Waals surface area (Å²) < 4.78 is 25.1. The van der Waals surface area contributed by atoms with Crippen LogP contribution in [0.25, 0.3) is 0 Å². The lowest BCUT2D eigenvalue weighted by molar-refractivity contribution is 0.141. The first-order valence-electron chi connectivity index (χ1n) is 6.43. The maximum atomic E-state index is 13.4. The Labute approximate surface area is 110 Å². The highest BCUT2D eigenvalue weighted by Gasteiger charge is 2.07. The van der Waals surface area contributed by atoms with Crippen molar-refractivity contribution < 1.29 is 13.9 Å². The molecule has 108 valence electrons. The Hall–Kier alpha value is -0.900. The van der Waals surface area contributed by atoms with Crippen LogP contribution in [-0.4, -0.2) is 30.0 Å². The van der Waals surface area contributed by atoms with Gasteiger partial charge in [0.1, 0.15) is 12.6 Å². The molecule has 0 heterocycles. The van der Waals surface area contributed by atoms with Crippen molar-refractivity contribution in [2.75, 3.05) is 20.0 Å². The maximum absolute atomic E-state index is 13.4. The quantitative estimate of drug-likeness (QED) is 0.550. The summed E-state index contributed by atoms with van der Waals surface area (Å²) in [6.07, 6.45) is 2.12. The van der Waals surface area contributed by atoms with E-state index in [-0.39, 0.29) is 19.1 Å². The fraction of sp³-hybridized carbons (Fsp3) is 0.714. The molecule has 0 unspecified atom stereocenters. The van der Waals surface area contributed by atoms with Crippen LogP contribution in [0, 0.1) is 0 Å². The van der Waals surface area contributed by atoms with Crippen LogP contribution in [0.15, 0.2) is 23.2 Å². The predicted octanol–water partition coefficient (Wildman–Crippen LogP) is 4.18. The Morgan fingerprint density at radius 1 is 1.22 bits per heavy atom. The second kappa shape index (κ2) is 12.6. The topological polar surface area (TPSA) is 23.5 Å². The minimum atomic E-state index is -0.430. The van der Waals surface area contributed by atoms with Crippen LogP contribution in [0.1, 0.15) is 47.5 Å². The summed E-state index contributed by atoms with van der Waals surface area (Å²) >= 11 is 0. The van der Waals surface area contributed by atoms with Gasteiger partial charge in [0.15, 0.2) is 0 Å². The molecule has 0 aromatic rings. The van der Waals surface area contributed by atoms with E-state index in [1.54, 1.807) is 0 Å². The average molecular weight is 263 g/mol. The van der Waals surface area contributed by atoms with Gasteiger partial charge in [0.2, 0.25) is 0 Å². The normalized spacial score (nSPS) is 10.6. The highest BCUT2D eigenvalue weighted by molar-refractivity contribution is 5.08. The largest absolute Gasteiger partial charge is 0.376 e. The molecule has 0 aromatic heterocycles. The molecule has 0 aliphatic carbocycles. The number of unbranched alkanes of at least 4 members (excludes halogenated alkanes) is 1. The summed E-state index contributed by atoms with van der Waals surface area (Å²) in [6.45, 7) is 9.04. The minimum absolute atomic E-state index is 0.0415. The van der Waals surface area contributed by atoms with Crippen LogP contribution in [0.5, 0.6) is 0 Å². The summed E-state index contributed by atoms with van der Waals surface area (Å²) in [4.78, 5) is 1.54. The number of alkyl halides is 1. The molecule has 2 nitrogen and oxygen atoms in total. The maximum Gasteiger partial charge on any atom is 0.115 e. The van der Waals surface area contributed by atoms with Crippen LogP contribution in [0.3, 0.4) is 0 Å². The highest BCUT2D eigenvalue weighted by atomic mass is 19.1. The summed E-state index contributed by atoms with van der Waals surface area (Å²) in [5.41, 5.74) is 1.89. The zero-order chi connectivity index (χ0) is 14.6. The number of hydrogen-bond donors (Lipinski definition) is 1. The van der Waals surface area contributed by atoms with Crippen molar-refractivity contribution in [3.05, 3.63) is 23.2 Å². The third-order valence-electron chi connectivity index (χ3n) is 2.41. The van der Waals surface area contributed by atoms with Gasteiger partial charge in [-0.05, 0) is 33.6 Å². The van der Waals surface area contributed by atoms with Gasteiger partial charge in [0, 0.05) is 5.70 Å². The van der Waals surface area contributed by atoms with Gasteiger partial charge >= 0.3 is 0 Å². The van der Waals surface area contributed by atoms with E-state index in [4.69, 9.17) is 5.11 Å². The van der Waals surface area contributed by atoms with E-state index in [0.29, 0.717) is 12.8 Å². The average Bonchev–Trinajstić information content (AvgIpc) is 2.37. The van der Waals surface area contributed by atoms with E-state index >= 15 is 0 Å². The smallest absolute Gasteiger partial charge is 0.115 e. The third-order valence-corrected chi connectivity index (χ3v) is 2.41. The standard InChI is InChI=1S/C12H21F2NO.C2H6/c1-10(2)11(3)15(9-16)8-12(14)6-4-5-7-13;1-2/h6,16H,4-5,7-9H2,1-3H3;1-2H3/b12-6+;. The SMILES string of the molecule is CC.CC(C)=C(C)N(CO)C/C(F)=C\CCCF. The molecule has 4 heteroatoms. The molecule has 0 atom stereocenters. The first-order chi connectivity index (χ1) is 8.52. The second-order valence-corrected chi connectivity index (χ2v) is 3.91. The molecule has 0 aliphatic heterocycles. The summed E-state index contributed by atoms with van der Waals surface area (Å²) in [5.74, 6) is -0.330. The van der Waals surface area contributed by atoms with Crippen LogP contribution in [0.2, 0.25) is 0 Å². The van der Waals surface area contributed by atoms with E-state index in [0.717, 1.165) is 11.3 Å². The van der Waals surface area contributed by atoms with Crippen molar-refractivity contribution in [1.29, 1.82) is 0 Å². The molecule has 0 aromatic carbocycles. The molecular weight excluding hydrogens is 236 g/mol. The van der Waals surface area contributed by atoms with Gasteiger partial charge < -0.3 is 10.0 Å². The van der Waals surface area contributed by atoms with Gasteiger partial charge in [-0.15, -0.1) is 0 Å². The molecule has 0 rings (SSSR count). The molecule has 0 radical (unpaired) electrons. The zero-order valence-electron chi connectivity index (χ0n) is 12.3. The molecule has 0 aliphatic rings. The van der Waals surface area contributed by atoms with Crippen molar-refractivity contribution in [2.24, 2.45) is 0 Å². The Bertz CT molecular complexity index is 259. The molecule has 18 heavy (non-hydrogen) atoms. The predicted molar refractivity (Wildman–Crippen MR) is 73.6 cm³/mol. The molecule has 0 fully saturated rings. The molecule has 0 spiro atoms. The Balaban J connectivity index is 0. The van der Waals surface area contributed by atoms with Crippen LogP contribution in [0.4, 0.5) is 8.78 Å². The fourth-order valence-electron chi connectivity index (χ4n) is 1.17. The van der Waals surface area contributed by atoms with Crippen molar-refractivity contribution in [2.45, 2.75) is 47.5 Å². The van der Waals surface area contributed by atoms with Crippen LogP contribution < -0.4 is 0 Å². The Morgan fingerprint density at radius 2 is 1.78 bits per heavy atom. The van der Waals surface area contributed by atoms with Gasteiger partial charge in [-0.2, -0.15) is 0 Å². The van der Waals surface area contributed by atoms with Crippen LogP contribution in [-0.2, 0) is 0 Å². The van der Waals surface area contributed by atoms with E-state index in [1.807, 2.05) is 34.6 Å². The molecule has 1 N–H and O–H groups in total. The van der Waals surface area contributed by atoms with Gasteiger partial charge in [-0.3, -0.25) is 4.39 Å². The van der Waals surface area contributed by atoms with Crippen molar-refractivity contribution in [3.8, 4) is 0 Å². The van der Waals surface area contributed by atoms with Crippen molar-refractivity contribution >= 4 is 0 Å². The Morgan fingerprint density at radius 3 is 2.17 bits per heavy atom. The van der Waals surface area contributed by atoms with Gasteiger partial charge in [0.25, 0.3) is 0 Å². The third kappa shape index (κ3) is 9.16. The first-order valence-corrected chi connectivity index (χ1v) is 6.43. The van der Waals surface area contributed by atoms with Gasteiger partial charge in [-0.25, -0.2) is 4.39 Å². The number of aliphatic hydroxyl groups is 1. The number of aliphatic hydroxyl groups excluding tert-OH is 1. The summed E-state index contributed by atoms with van der Waals surface area (Å²) in [6, 6.07) is 0. The summed E-state index contributed by atoms with van der Waals surface area (Å²) in [5, 5.41) is 9.10. The zero-order valence-corrected chi connectivity index (χ0v) is 12.3.